The van der Waals surface area contributed by atoms with Crippen molar-refractivity contribution < 1.29 is 13.3 Å². The number of aryl methyl sites for hydroxylation is 1. The second kappa shape index (κ2) is 5.69. The van der Waals surface area contributed by atoms with Crippen molar-refractivity contribution in [1.29, 1.82) is 0 Å². The van der Waals surface area contributed by atoms with E-state index in [9.17, 15) is 0 Å². The van der Waals surface area contributed by atoms with Gasteiger partial charge in [0.2, 0.25) is 0 Å². The van der Waals surface area contributed by atoms with Crippen LogP contribution in [0.4, 0.5) is 5.69 Å². The number of nitrogens with two attached hydrogens (primary N) is 1. The zero-order valence-electron chi connectivity index (χ0n) is 7.52. The maximum absolute atomic E-state index is 8.67. The molecule has 0 aliphatic heterocycles. The lowest BCUT2D eigenvalue weighted by Gasteiger charge is -2.00. The van der Waals surface area contributed by atoms with E-state index >= 15 is 0 Å². The summed E-state index contributed by atoms with van der Waals surface area (Å²) in [5.41, 5.74) is 8.96. The summed E-state index contributed by atoms with van der Waals surface area (Å²) in [6, 6.07) is 5.95. The van der Waals surface area contributed by atoms with Crippen molar-refractivity contribution in [1.82, 2.24) is 0 Å². The lowest BCUT2D eigenvalue weighted by Crippen LogP contribution is -1.90. The van der Waals surface area contributed by atoms with Crippen molar-refractivity contribution in [2.75, 3.05) is 5.73 Å². The monoisotopic (exact) mass is 203 g/mol. The van der Waals surface area contributed by atoms with Gasteiger partial charge >= 0.3 is 0 Å². The highest BCUT2D eigenvalue weighted by molar-refractivity contribution is 7.73. The molecule has 0 radical (unpaired) electrons. The third kappa shape index (κ3) is 5.35. The minimum absolute atomic E-state index is 0.884. The molecular formula is C8H13NO3S. The van der Waals surface area contributed by atoms with Gasteiger partial charge in [0.15, 0.2) is 0 Å². The fraction of sp³-hybridized carbons (Fsp3) is 0.250. The molecule has 4 N–H and O–H groups in total. The Bertz CT molecular complexity index is 277. The molecule has 0 aliphatic rings. The number of nitrogen functional groups attached to an aromatic ring is 1. The van der Waals surface area contributed by atoms with E-state index in [-0.39, 0.29) is 0 Å². The molecule has 74 valence electrons. The Balaban J connectivity index is 0.000000310. The summed E-state index contributed by atoms with van der Waals surface area (Å²) >= 11 is -2.61. The highest BCUT2D eigenvalue weighted by Gasteiger charge is 1.92. The molecule has 0 fully saturated rings. The third-order valence-electron chi connectivity index (χ3n) is 1.65. The van der Waals surface area contributed by atoms with Crippen LogP contribution in [0.5, 0.6) is 0 Å². The molecule has 0 aliphatic carbocycles. The summed E-state index contributed by atoms with van der Waals surface area (Å²) in [5, 5.41) is 0. The minimum atomic E-state index is -2.61. The highest BCUT2D eigenvalue weighted by atomic mass is 32.2. The van der Waals surface area contributed by atoms with Crippen LogP contribution in [0, 0.1) is 13.8 Å². The average Bonchev–Trinajstić information content (AvgIpc) is 1.99. The van der Waals surface area contributed by atoms with Crippen LogP contribution in [0.1, 0.15) is 11.1 Å². The topological polar surface area (TPSA) is 83.6 Å². The van der Waals surface area contributed by atoms with E-state index in [1.165, 1.54) is 11.1 Å². The maximum Gasteiger partial charge on any atom is 0.299 e. The van der Waals surface area contributed by atoms with Crippen LogP contribution in [0.25, 0.3) is 0 Å². The molecule has 0 saturated heterocycles. The van der Waals surface area contributed by atoms with Crippen LogP contribution in [0.15, 0.2) is 18.2 Å². The molecule has 0 spiro atoms. The van der Waals surface area contributed by atoms with Crippen LogP contribution in [-0.2, 0) is 11.4 Å². The van der Waals surface area contributed by atoms with E-state index in [2.05, 4.69) is 13.0 Å². The van der Waals surface area contributed by atoms with E-state index in [1.807, 2.05) is 19.1 Å². The zero-order chi connectivity index (χ0) is 10.4. The van der Waals surface area contributed by atoms with Gasteiger partial charge in [0.1, 0.15) is 0 Å². The number of hydrogen-bond donors (Lipinski definition) is 3. The first-order valence-corrected chi connectivity index (χ1v) is 4.63. The SMILES string of the molecule is Cc1cccc(N)c1C.O=S(O)O. The van der Waals surface area contributed by atoms with E-state index in [0.717, 1.165) is 5.69 Å². The van der Waals surface area contributed by atoms with Gasteiger partial charge in [-0.25, -0.2) is 0 Å². The minimum Gasteiger partial charge on any atom is -0.399 e. The van der Waals surface area contributed by atoms with Crippen LogP contribution >= 0.6 is 0 Å². The van der Waals surface area contributed by atoms with Gasteiger partial charge in [-0.05, 0) is 31.0 Å². The molecule has 0 unspecified atom stereocenters. The van der Waals surface area contributed by atoms with Gasteiger partial charge in [-0.1, -0.05) is 12.1 Å². The lowest BCUT2D eigenvalue weighted by atomic mass is 10.1. The molecule has 5 heteroatoms. The van der Waals surface area contributed by atoms with Gasteiger partial charge in [0, 0.05) is 5.69 Å². The van der Waals surface area contributed by atoms with Crippen LogP contribution in [-0.4, -0.2) is 13.3 Å². The number of benzene rings is 1. The molecule has 0 amide bonds. The number of rotatable bonds is 0. The van der Waals surface area contributed by atoms with Crippen LogP contribution < -0.4 is 5.73 Å². The van der Waals surface area contributed by atoms with E-state index in [0.29, 0.717) is 0 Å². The number of hydrogen-bond acceptors (Lipinski definition) is 2. The Morgan fingerprint density at radius 1 is 1.31 bits per heavy atom. The second-order valence-corrected chi connectivity index (χ2v) is 2.98. The number of anilines is 1. The van der Waals surface area contributed by atoms with Crippen molar-refractivity contribution in [3.05, 3.63) is 29.3 Å². The Labute approximate surface area is 79.9 Å². The first kappa shape index (κ1) is 12.1. The molecule has 1 aromatic carbocycles. The van der Waals surface area contributed by atoms with E-state index < -0.39 is 11.4 Å². The molecule has 0 atom stereocenters. The van der Waals surface area contributed by atoms with Crippen molar-refractivity contribution in [2.45, 2.75) is 13.8 Å². The van der Waals surface area contributed by atoms with Crippen molar-refractivity contribution in [3.8, 4) is 0 Å². The van der Waals surface area contributed by atoms with E-state index in [4.69, 9.17) is 19.0 Å². The molecule has 0 aromatic heterocycles. The fourth-order valence-electron chi connectivity index (χ4n) is 0.774. The Hall–Kier alpha value is -0.910. The maximum atomic E-state index is 8.67. The normalized spacial score (nSPS) is 9.31. The molecule has 0 bridgehead atoms. The molecule has 0 saturated carbocycles. The summed E-state index contributed by atoms with van der Waals surface area (Å²) in [7, 11) is 0. The molecule has 4 nitrogen and oxygen atoms in total. The van der Waals surface area contributed by atoms with Gasteiger partial charge in [-0.2, -0.15) is 4.21 Å². The van der Waals surface area contributed by atoms with Gasteiger partial charge in [0.05, 0.1) is 0 Å². The Morgan fingerprint density at radius 3 is 2.08 bits per heavy atom. The first-order chi connectivity index (χ1) is 5.95. The average molecular weight is 203 g/mol. The summed E-state index contributed by atoms with van der Waals surface area (Å²) < 4.78 is 22.8. The molecule has 0 heterocycles. The molecule has 1 rings (SSSR count). The summed E-state index contributed by atoms with van der Waals surface area (Å²) in [6.45, 7) is 4.09. The quantitative estimate of drug-likeness (QED) is 0.441. The third-order valence-corrected chi connectivity index (χ3v) is 1.65. The highest BCUT2D eigenvalue weighted by Crippen LogP contribution is 2.13. The zero-order valence-corrected chi connectivity index (χ0v) is 8.34. The second-order valence-electron chi connectivity index (χ2n) is 2.52. The standard InChI is InChI=1S/C8H11N.H2O3S/c1-6-4-3-5-8(9)7(6)2;1-4(2)3/h3-5H,9H2,1-2H3;(H2,1,2,3). The van der Waals surface area contributed by atoms with Crippen molar-refractivity contribution >= 4 is 17.0 Å². The summed E-state index contributed by atoms with van der Waals surface area (Å²) in [5.74, 6) is 0. The predicted octanol–water partition coefficient (Wildman–Crippen LogP) is 1.57. The van der Waals surface area contributed by atoms with Crippen LogP contribution in [0.3, 0.4) is 0 Å². The molecule has 13 heavy (non-hydrogen) atoms. The van der Waals surface area contributed by atoms with Gasteiger partial charge in [-0.15, -0.1) is 0 Å². The van der Waals surface area contributed by atoms with Gasteiger partial charge in [-0.3, -0.25) is 9.11 Å². The van der Waals surface area contributed by atoms with Gasteiger partial charge < -0.3 is 5.73 Å². The van der Waals surface area contributed by atoms with Crippen LogP contribution in [0.2, 0.25) is 0 Å². The molecular weight excluding hydrogens is 190 g/mol. The first-order valence-electron chi connectivity index (χ1n) is 3.56. The summed E-state index contributed by atoms with van der Waals surface area (Å²) in [4.78, 5) is 0. The smallest absolute Gasteiger partial charge is 0.299 e. The largest absolute Gasteiger partial charge is 0.399 e. The fourth-order valence-corrected chi connectivity index (χ4v) is 0.774. The van der Waals surface area contributed by atoms with Crippen molar-refractivity contribution in [2.24, 2.45) is 0 Å². The Morgan fingerprint density at radius 2 is 1.77 bits per heavy atom. The lowest BCUT2D eigenvalue weighted by molar-refractivity contribution is 0.454. The molecule has 1 aromatic rings. The summed E-state index contributed by atoms with van der Waals surface area (Å²) in [6.07, 6.45) is 0. The Kier molecular flexibility index (Phi) is 5.29. The van der Waals surface area contributed by atoms with E-state index in [1.54, 1.807) is 0 Å². The van der Waals surface area contributed by atoms with Gasteiger partial charge in [0.25, 0.3) is 11.4 Å². The van der Waals surface area contributed by atoms with Crippen molar-refractivity contribution in [3.63, 3.8) is 0 Å². The predicted molar refractivity (Wildman–Crippen MR) is 53.7 cm³/mol.